The first kappa shape index (κ1) is 47.3. The highest BCUT2D eigenvalue weighted by Crippen LogP contribution is 2.07. The monoisotopic (exact) mass is 732 g/mol. The van der Waals surface area contributed by atoms with Crippen LogP contribution in [0.1, 0.15) is 56.9 Å². The molecule has 0 radical (unpaired) electrons. The molecule has 0 amide bonds. The lowest BCUT2D eigenvalue weighted by molar-refractivity contribution is -0.112. The maximum atomic E-state index is 10.3. The molecule has 0 spiro atoms. The molecule has 0 heterocycles. The molecule has 292 valence electrons. The average molecular weight is 733 g/mol. The fraction of sp³-hybridized carbons (Fsp3) is 0.444. The largest absolute Gasteiger partial charge is 0.396 e. The summed E-state index contributed by atoms with van der Waals surface area (Å²) >= 11 is 0. The number of aliphatic hydroxyl groups excluding tert-OH is 3. The van der Waals surface area contributed by atoms with Crippen molar-refractivity contribution in [1.82, 2.24) is 0 Å². The van der Waals surface area contributed by atoms with Gasteiger partial charge in [0.1, 0.15) is 6.29 Å². The SMILES string of the molecule is C[C@@H](C=O)COCc1ccccc1.C[C@@H](CO)COCc1ccccc1.C[C@@H](CO)COCc1ccccc1.C[C@H](O)[C@H](C)COCc1ccccc1. The Morgan fingerprint density at radius 3 is 1.02 bits per heavy atom. The third-order valence-corrected chi connectivity index (χ3v) is 7.69. The van der Waals surface area contributed by atoms with Crippen LogP contribution >= 0.6 is 0 Å². The number of aldehydes is 1. The van der Waals surface area contributed by atoms with E-state index in [1.54, 1.807) is 6.92 Å². The van der Waals surface area contributed by atoms with Gasteiger partial charge in [-0.25, -0.2) is 0 Å². The first-order valence-corrected chi connectivity index (χ1v) is 18.5. The summed E-state index contributed by atoms with van der Waals surface area (Å²) in [5.41, 5.74) is 4.66. The lowest BCUT2D eigenvalue weighted by Crippen LogP contribution is -2.18. The highest BCUT2D eigenvalue weighted by Gasteiger charge is 2.08. The Hall–Kier alpha value is -3.73. The van der Waals surface area contributed by atoms with E-state index in [-0.39, 0.29) is 43.0 Å². The molecule has 0 bridgehead atoms. The first-order valence-electron chi connectivity index (χ1n) is 18.5. The summed E-state index contributed by atoms with van der Waals surface area (Å²) in [6.45, 7) is 14.7. The molecule has 3 N–H and O–H groups in total. The fourth-order valence-electron chi connectivity index (χ4n) is 4.06. The molecular weight excluding hydrogens is 668 g/mol. The van der Waals surface area contributed by atoms with Gasteiger partial charge in [-0.3, -0.25) is 0 Å². The third kappa shape index (κ3) is 26.7. The lowest BCUT2D eigenvalue weighted by atomic mass is 10.1. The van der Waals surface area contributed by atoms with Crippen molar-refractivity contribution in [2.45, 2.75) is 67.2 Å². The van der Waals surface area contributed by atoms with Crippen LogP contribution in [0.15, 0.2) is 121 Å². The van der Waals surface area contributed by atoms with Crippen LogP contribution in [-0.4, -0.2) is 67.4 Å². The topological polar surface area (TPSA) is 115 Å². The Morgan fingerprint density at radius 2 is 0.755 bits per heavy atom. The van der Waals surface area contributed by atoms with E-state index in [4.69, 9.17) is 29.2 Å². The van der Waals surface area contributed by atoms with E-state index < -0.39 is 0 Å². The third-order valence-electron chi connectivity index (χ3n) is 7.69. The van der Waals surface area contributed by atoms with Gasteiger partial charge < -0.3 is 39.1 Å². The van der Waals surface area contributed by atoms with Crippen LogP contribution in [0.3, 0.4) is 0 Å². The van der Waals surface area contributed by atoms with E-state index in [1.807, 2.05) is 149 Å². The zero-order chi connectivity index (χ0) is 38.9. The molecule has 4 aromatic rings. The van der Waals surface area contributed by atoms with Crippen molar-refractivity contribution >= 4 is 6.29 Å². The highest BCUT2D eigenvalue weighted by molar-refractivity contribution is 5.52. The van der Waals surface area contributed by atoms with Gasteiger partial charge in [-0.1, -0.05) is 149 Å². The molecule has 0 aliphatic carbocycles. The number of rotatable bonds is 20. The maximum absolute atomic E-state index is 10.3. The summed E-state index contributed by atoms with van der Waals surface area (Å²) in [6.07, 6.45) is 0.608. The number of hydrogen-bond donors (Lipinski definition) is 3. The van der Waals surface area contributed by atoms with Crippen molar-refractivity contribution in [3.05, 3.63) is 144 Å². The Morgan fingerprint density at radius 1 is 0.472 bits per heavy atom. The van der Waals surface area contributed by atoms with Crippen molar-refractivity contribution in [2.75, 3.05) is 39.6 Å². The van der Waals surface area contributed by atoms with Crippen LogP contribution in [-0.2, 0) is 50.2 Å². The van der Waals surface area contributed by atoms with Crippen molar-refractivity contribution in [3.8, 4) is 0 Å². The molecule has 0 saturated carbocycles. The van der Waals surface area contributed by atoms with Crippen molar-refractivity contribution in [1.29, 1.82) is 0 Å². The summed E-state index contributed by atoms with van der Waals surface area (Å²) in [7, 11) is 0. The van der Waals surface area contributed by atoms with E-state index in [9.17, 15) is 9.90 Å². The Balaban J connectivity index is 0.000000354. The standard InChI is InChI=1S/C12H18O2.2C11H16O2.C11H14O2/c1-10(11(2)13)8-14-9-12-6-4-3-5-7-12;3*1-10(7-12)8-13-9-11-5-3-2-4-6-11/h3-7,10-11,13H,8-9H2,1-2H3;2*2-6,10,12H,7-9H2,1H3;2-7,10H,8-9H2,1H3/t10-,11+;3*10-/m1000/s1. The van der Waals surface area contributed by atoms with E-state index in [1.165, 1.54) is 16.7 Å². The normalized spacial score (nSPS) is 13.3. The minimum Gasteiger partial charge on any atom is -0.396 e. The number of ether oxygens (including phenoxy) is 4. The van der Waals surface area contributed by atoms with E-state index in [2.05, 4.69) is 0 Å². The van der Waals surface area contributed by atoms with Gasteiger partial charge in [0.05, 0.1) is 59.0 Å². The molecule has 0 aromatic heterocycles. The average Bonchev–Trinajstić information content (AvgIpc) is 3.20. The lowest BCUT2D eigenvalue weighted by Gasteiger charge is -2.14. The molecule has 8 heteroatoms. The van der Waals surface area contributed by atoms with Gasteiger partial charge in [-0.05, 0) is 29.2 Å². The van der Waals surface area contributed by atoms with E-state index in [0.717, 1.165) is 11.8 Å². The summed E-state index contributed by atoms with van der Waals surface area (Å²) in [5, 5.41) is 26.7. The van der Waals surface area contributed by atoms with Crippen LogP contribution in [0, 0.1) is 23.7 Å². The zero-order valence-corrected chi connectivity index (χ0v) is 32.5. The van der Waals surface area contributed by atoms with Gasteiger partial charge >= 0.3 is 0 Å². The molecular formula is C45H64O8. The summed E-state index contributed by atoms with van der Waals surface area (Å²) in [6, 6.07) is 40.1. The van der Waals surface area contributed by atoms with Gasteiger partial charge in [0, 0.05) is 36.9 Å². The molecule has 0 aliphatic rings. The zero-order valence-electron chi connectivity index (χ0n) is 32.5. The predicted molar refractivity (Wildman–Crippen MR) is 213 cm³/mol. The van der Waals surface area contributed by atoms with Crippen molar-refractivity contribution in [3.63, 3.8) is 0 Å². The number of carbonyl (C=O) groups is 1. The molecule has 0 aliphatic heterocycles. The summed E-state index contributed by atoms with van der Waals surface area (Å²) in [4.78, 5) is 10.3. The molecule has 8 nitrogen and oxygen atoms in total. The van der Waals surface area contributed by atoms with Gasteiger partial charge in [-0.2, -0.15) is 0 Å². The van der Waals surface area contributed by atoms with Crippen LogP contribution in [0.2, 0.25) is 0 Å². The second kappa shape index (κ2) is 31.8. The number of carbonyl (C=O) groups excluding carboxylic acids is 1. The van der Waals surface area contributed by atoms with Gasteiger partial charge in [0.15, 0.2) is 0 Å². The van der Waals surface area contributed by atoms with Gasteiger partial charge in [0.25, 0.3) is 0 Å². The molecule has 5 atom stereocenters. The smallest absolute Gasteiger partial charge is 0.125 e. The fourth-order valence-corrected chi connectivity index (χ4v) is 4.06. The summed E-state index contributed by atoms with van der Waals surface area (Å²) < 4.78 is 21.6. The number of aliphatic hydroxyl groups is 3. The van der Waals surface area contributed by atoms with Gasteiger partial charge in [-0.15, -0.1) is 0 Å². The van der Waals surface area contributed by atoms with Crippen molar-refractivity contribution in [2.24, 2.45) is 23.7 Å². The van der Waals surface area contributed by atoms with Crippen LogP contribution in [0.5, 0.6) is 0 Å². The van der Waals surface area contributed by atoms with Crippen LogP contribution in [0.4, 0.5) is 0 Å². The van der Waals surface area contributed by atoms with Crippen LogP contribution < -0.4 is 0 Å². The Labute approximate surface area is 318 Å². The quantitative estimate of drug-likeness (QED) is 0.0786. The maximum Gasteiger partial charge on any atom is 0.125 e. The molecule has 53 heavy (non-hydrogen) atoms. The molecule has 0 unspecified atom stereocenters. The van der Waals surface area contributed by atoms with Crippen molar-refractivity contribution < 1.29 is 39.1 Å². The molecule has 4 aromatic carbocycles. The molecule has 0 saturated heterocycles. The molecule has 0 fully saturated rings. The first-order chi connectivity index (χ1) is 25.7. The Kier molecular flexibility index (Phi) is 28.3. The Bertz CT molecular complexity index is 1310. The van der Waals surface area contributed by atoms with Gasteiger partial charge in [0.2, 0.25) is 0 Å². The number of benzene rings is 4. The van der Waals surface area contributed by atoms with Crippen LogP contribution in [0.25, 0.3) is 0 Å². The van der Waals surface area contributed by atoms with E-state index >= 15 is 0 Å². The second-order valence-corrected chi connectivity index (χ2v) is 13.4. The summed E-state index contributed by atoms with van der Waals surface area (Å²) in [5.74, 6) is 0.634. The predicted octanol–water partition coefficient (Wildman–Crippen LogP) is 7.92. The second-order valence-electron chi connectivity index (χ2n) is 13.4. The minimum atomic E-state index is -0.300. The molecule has 4 rings (SSSR count). The van der Waals surface area contributed by atoms with E-state index in [0.29, 0.717) is 52.9 Å². The number of hydrogen-bond acceptors (Lipinski definition) is 8. The minimum absolute atomic E-state index is 0.0105. The highest BCUT2D eigenvalue weighted by atomic mass is 16.5.